The van der Waals surface area contributed by atoms with Crippen molar-refractivity contribution in [2.24, 2.45) is 0 Å². The van der Waals surface area contributed by atoms with Crippen LogP contribution in [-0.2, 0) is 0 Å². The third kappa shape index (κ3) is 2.82. The van der Waals surface area contributed by atoms with E-state index in [4.69, 9.17) is 14.5 Å². The Hall–Kier alpha value is -3.74. The molecule has 0 aliphatic heterocycles. The zero-order chi connectivity index (χ0) is 20.7. The number of aromatic nitrogens is 5. The SMILES string of the molecule is CCOc1nc2c(C)cccc2cc1-c1nnc2c(OCC)nc3ccccc3n12. The largest absolute Gasteiger partial charge is 0.477 e. The summed E-state index contributed by atoms with van der Waals surface area (Å²) in [5, 5.41) is 9.93. The minimum atomic E-state index is 0.456. The summed E-state index contributed by atoms with van der Waals surface area (Å²) in [5.41, 5.74) is 5.05. The lowest BCUT2D eigenvalue weighted by atomic mass is 10.1. The van der Waals surface area contributed by atoms with E-state index in [0.717, 1.165) is 33.1 Å². The van der Waals surface area contributed by atoms with Gasteiger partial charge in [-0.2, -0.15) is 0 Å². The first-order valence-electron chi connectivity index (χ1n) is 10.0. The Balaban J connectivity index is 1.87. The monoisotopic (exact) mass is 399 g/mol. The van der Waals surface area contributed by atoms with Gasteiger partial charge in [0.25, 0.3) is 5.88 Å². The lowest BCUT2D eigenvalue weighted by molar-refractivity contribution is 0.329. The number of aryl methyl sites for hydroxylation is 1. The van der Waals surface area contributed by atoms with Gasteiger partial charge in [-0.3, -0.25) is 4.40 Å². The molecule has 0 amide bonds. The molecule has 0 spiro atoms. The van der Waals surface area contributed by atoms with Crippen molar-refractivity contribution in [2.75, 3.05) is 13.2 Å². The van der Waals surface area contributed by atoms with Gasteiger partial charge in [0.15, 0.2) is 5.82 Å². The van der Waals surface area contributed by atoms with Gasteiger partial charge in [0.2, 0.25) is 11.5 Å². The van der Waals surface area contributed by atoms with Gasteiger partial charge in [-0.15, -0.1) is 10.2 Å². The van der Waals surface area contributed by atoms with Crippen molar-refractivity contribution in [2.45, 2.75) is 20.8 Å². The summed E-state index contributed by atoms with van der Waals surface area (Å²) in [6.07, 6.45) is 0. The van der Waals surface area contributed by atoms with E-state index in [1.807, 2.05) is 67.6 Å². The van der Waals surface area contributed by atoms with Crippen LogP contribution in [0.5, 0.6) is 11.8 Å². The Bertz CT molecular complexity index is 1390. The van der Waals surface area contributed by atoms with Gasteiger partial charge in [-0.1, -0.05) is 30.3 Å². The van der Waals surface area contributed by atoms with Crippen molar-refractivity contribution in [3.63, 3.8) is 0 Å². The van der Waals surface area contributed by atoms with Crippen molar-refractivity contribution in [1.29, 1.82) is 0 Å². The molecule has 0 saturated heterocycles. The number of benzene rings is 2. The van der Waals surface area contributed by atoms with Crippen molar-refractivity contribution >= 4 is 27.6 Å². The second-order valence-electron chi connectivity index (χ2n) is 6.94. The van der Waals surface area contributed by atoms with Crippen LogP contribution in [0.3, 0.4) is 0 Å². The number of rotatable bonds is 5. The highest BCUT2D eigenvalue weighted by molar-refractivity contribution is 5.89. The number of pyridine rings is 1. The zero-order valence-electron chi connectivity index (χ0n) is 17.1. The second kappa shape index (κ2) is 7.26. The lowest BCUT2D eigenvalue weighted by Crippen LogP contribution is -2.03. The van der Waals surface area contributed by atoms with Gasteiger partial charge >= 0.3 is 0 Å². The minimum Gasteiger partial charge on any atom is -0.477 e. The highest BCUT2D eigenvalue weighted by atomic mass is 16.5. The topological polar surface area (TPSA) is 74.4 Å². The highest BCUT2D eigenvalue weighted by Crippen LogP contribution is 2.34. The maximum Gasteiger partial charge on any atom is 0.260 e. The standard InChI is InChI=1S/C23H21N5O2/c1-4-29-22-16(13-15-10-8-9-14(3)19(15)25-22)20-26-27-21-23(30-5-2)24-17-11-6-7-12-18(17)28(20)21/h6-13H,4-5H2,1-3H3. The predicted molar refractivity (Wildman–Crippen MR) is 116 cm³/mol. The quantitative estimate of drug-likeness (QED) is 0.430. The molecule has 3 aromatic heterocycles. The zero-order valence-corrected chi connectivity index (χ0v) is 17.1. The van der Waals surface area contributed by atoms with Crippen LogP contribution in [0.4, 0.5) is 0 Å². The third-order valence-corrected chi connectivity index (χ3v) is 5.01. The first-order chi connectivity index (χ1) is 14.7. The summed E-state index contributed by atoms with van der Waals surface area (Å²) >= 11 is 0. The molecule has 0 radical (unpaired) electrons. The molecule has 150 valence electrons. The Morgan fingerprint density at radius 3 is 2.50 bits per heavy atom. The summed E-state index contributed by atoms with van der Waals surface area (Å²) < 4.78 is 13.6. The molecule has 30 heavy (non-hydrogen) atoms. The molecule has 5 rings (SSSR count). The summed E-state index contributed by atoms with van der Waals surface area (Å²) in [4.78, 5) is 9.44. The van der Waals surface area contributed by atoms with Crippen LogP contribution in [0.15, 0.2) is 48.5 Å². The molecule has 0 atom stereocenters. The van der Waals surface area contributed by atoms with Gasteiger partial charge in [-0.25, -0.2) is 9.97 Å². The molecule has 0 unspecified atom stereocenters. The van der Waals surface area contributed by atoms with E-state index in [0.29, 0.717) is 36.4 Å². The molecule has 0 N–H and O–H groups in total. The van der Waals surface area contributed by atoms with E-state index >= 15 is 0 Å². The molecule has 0 fully saturated rings. The molecule has 3 heterocycles. The molecule has 0 bridgehead atoms. The summed E-state index contributed by atoms with van der Waals surface area (Å²) in [5.74, 6) is 1.63. The molecule has 2 aromatic carbocycles. The fourth-order valence-electron chi connectivity index (χ4n) is 3.70. The Kier molecular flexibility index (Phi) is 4.43. The van der Waals surface area contributed by atoms with Crippen molar-refractivity contribution in [3.8, 4) is 23.1 Å². The van der Waals surface area contributed by atoms with Crippen molar-refractivity contribution < 1.29 is 9.47 Å². The van der Waals surface area contributed by atoms with Gasteiger partial charge < -0.3 is 9.47 Å². The van der Waals surface area contributed by atoms with Crippen LogP contribution in [0.2, 0.25) is 0 Å². The van der Waals surface area contributed by atoms with E-state index in [-0.39, 0.29) is 0 Å². The number of fused-ring (bicyclic) bond motifs is 4. The summed E-state index contributed by atoms with van der Waals surface area (Å²) in [6.45, 7) is 6.91. The molecule has 5 aromatic rings. The predicted octanol–water partition coefficient (Wildman–Crippen LogP) is 4.60. The second-order valence-corrected chi connectivity index (χ2v) is 6.94. The molecule has 7 nitrogen and oxygen atoms in total. The maximum atomic E-state index is 5.92. The van der Waals surface area contributed by atoms with Crippen LogP contribution < -0.4 is 9.47 Å². The van der Waals surface area contributed by atoms with Gasteiger partial charge in [0, 0.05) is 5.39 Å². The van der Waals surface area contributed by atoms with Crippen LogP contribution >= 0.6 is 0 Å². The highest BCUT2D eigenvalue weighted by Gasteiger charge is 2.21. The Morgan fingerprint density at radius 2 is 1.67 bits per heavy atom. The molecule has 7 heteroatoms. The smallest absolute Gasteiger partial charge is 0.260 e. The molecule has 0 aliphatic rings. The van der Waals surface area contributed by atoms with E-state index in [1.54, 1.807) is 0 Å². The summed E-state index contributed by atoms with van der Waals surface area (Å²) in [7, 11) is 0. The number of ether oxygens (including phenoxy) is 2. The lowest BCUT2D eigenvalue weighted by Gasteiger charge is -2.12. The molecular weight excluding hydrogens is 378 g/mol. The van der Waals surface area contributed by atoms with Crippen LogP contribution in [0, 0.1) is 6.92 Å². The number of nitrogens with zero attached hydrogens (tertiary/aromatic N) is 5. The average molecular weight is 399 g/mol. The Morgan fingerprint density at radius 1 is 0.867 bits per heavy atom. The van der Waals surface area contributed by atoms with Crippen LogP contribution in [-0.4, -0.2) is 37.8 Å². The van der Waals surface area contributed by atoms with Gasteiger partial charge in [-0.05, 0) is 44.5 Å². The van der Waals surface area contributed by atoms with Gasteiger partial charge in [0.05, 0.1) is 35.3 Å². The fourth-order valence-corrected chi connectivity index (χ4v) is 3.70. The Labute approximate surface area is 173 Å². The normalized spacial score (nSPS) is 11.4. The first kappa shape index (κ1) is 18.3. The average Bonchev–Trinajstić information content (AvgIpc) is 3.20. The molecular formula is C23H21N5O2. The number of para-hydroxylation sites is 3. The van der Waals surface area contributed by atoms with E-state index in [9.17, 15) is 0 Å². The molecule has 0 aliphatic carbocycles. The van der Waals surface area contributed by atoms with E-state index in [1.165, 1.54) is 0 Å². The van der Waals surface area contributed by atoms with E-state index in [2.05, 4.69) is 21.2 Å². The first-order valence-corrected chi connectivity index (χ1v) is 10.0. The van der Waals surface area contributed by atoms with Crippen molar-refractivity contribution in [1.82, 2.24) is 24.6 Å². The van der Waals surface area contributed by atoms with Crippen molar-refractivity contribution in [3.05, 3.63) is 54.1 Å². The van der Waals surface area contributed by atoms with Crippen LogP contribution in [0.25, 0.3) is 39.0 Å². The molecule has 0 saturated carbocycles. The third-order valence-electron chi connectivity index (χ3n) is 5.01. The van der Waals surface area contributed by atoms with Gasteiger partial charge in [0.1, 0.15) is 0 Å². The number of hydrogen-bond donors (Lipinski definition) is 0. The van der Waals surface area contributed by atoms with E-state index < -0.39 is 0 Å². The number of hydrogen-bond acceptors (Lipinski definition) is 6. The maximum absolute atomic E-state index is 5.92. The van der Waals surface area contributed by atoms with Crippen LogP contribution in [0.1, 0.15) is 19.4 Å². The fraction of sp³-hybridized carbons (Fsp3) is 0.217. The minimum absolute atomic E-state index is 0.456. The summed E-state index contributed by atoms with van der Waals surface area (Å²) in [6, 6.07) is 16.0.